The van der Waals surface area contributed by atoms with E-state index in [-0.39, 0.29) is 12.3 Å². The van der Waals surface area contributed by atoms with Crippen LogP contribution in [0.15, 0.2) is 59.0 Å². The number of ether oxygens (including phenoxy) is 4. The fourth-order valence-corrected chi connectivity index (χ4v) is 3.66. The summed E-state index contributed by atoms with van der Waals surface area (Å²) < 4.78 is 21.5. The Labute approximate surface area is 204 Å². The largest absolute Gasteiger partial charge is 0.493 e. The number of carbonyl (C=O) groups excluding carboxylic acids is 3. The van der Waals surface area contributed by atoms with Crippen LogP contribution in [0.25, 0.3) is 0 Å². The van der Waals surface area contributed by atoms with E-state index >= 15 is 0 Å². The molecule has 10 nitrogen and oxygen atoms in total. The van der Waals surface area contributed by atoms with Crippen molar-refractivity contribution in [2.45, 2.75) is 0 Å². The molecule has 0 saturated heterocycles. The highest BCUT2D eigenvalue weighted by Crippen LogP contribution is 2.31. The first-order chi connectivity index (χ1) is 17.0. The van der Waals surface area contributed by atoms with E-state index in [0.29, 0.717) is 46.5 Å². The SMILES string of the molecule is COc1cc(C=NNC(=O)CNC(=O)c2ccc3c(c2)OCCO3)ccc1OC(=O)c1cccs1. The first-order valence-corrected chi connectivity index (χ1v) is 11.3. The maximum absolute atomic E-state index is 12.3. The Bertz CT molecular complexity index is 1260. The van der Waals surface area contributed by atoms with Gasteiger partial charge in [-0.3, -0.25) is 9.59 Å². The van der Waals surface area contributed by atoms with Gasteiger partial charge < -0.3 is 24.3 Å². The van der Waals surface area contributed by atoms with Crippen molar-refractivity contribution in [2.24, 2.45) is 5.10 Å². The van der Waals surface area contributed by atoms with Crippen molar-refractivity contribution in [2.75, 3.05) is 26.9 Å². The number of rotatable bonds is 8. The average molecular weight is 496 g/mol. The van der Waals surface area contributed by atoms with Gasteiger partial charge in [0.15, 0.2) is 23.0 Å². The number of methoxy groups -OCH3 is 1. The number of hydrogen-bond acceptors (Lipinski definition) is 9. The predicted octanol–water partition coefficient (Wildman–Crippen LogP) is 2.63. The number of benzene rings is 2. The van der Waals surface area contributed by atoms with E-state index in [0.717, 1.165) is 0 Å². The number of thiophene rings is 1. The van der Waals surface area contributed by atoms with Crippen molar-refractivity contribution in [3.63, 3.8) is 0 Å². The van der Waals surface area contributed by atoms with E-state index in [4.69, 9.17) is 18.9 Å². The van der Waals surface area contributed by atoms with Crippen LogP contribution in [0.4, 0.5) is 0 Å². The van der Waals surface area contributed by atoms with E-state index in [9.17, 15) is 14.4 Å². The zero-order valence-corrected chi connectivity index (χ0v) is 19.4. The number of nitrogens with zero attached hydrogens (tertiary/aromatic N) is 1. The van der Waals surface area contributed by atoms with E-state index < -0.39 is 17.8 Å². The van der Waals surface area contributed by atoms with Gasteiger partial charge >= 0.3 is 5.97 Å². The number of fused-ring (bicyclic) bond motifs is 1. The molecule has 0 aliphatic carbocycles. The first-order valence-electron chi connectivity index (χ1n) is 10.5. The van der Waals surface area contributed by atoms with Gasteiger partial charge in [-0.05, 0) is 53.4 Å². The van der Waals surface area contributed by atoms with Gasteiger partial charge in [0.25, 0.3) is 11.8 Å². The van der Waals surface area contributed by atoms with Crippen LogP contribution in [0.3, 0.4) is 0 Å². The topological polar surface area (TPSA) is 125 Å². The summed E-state index contributed by atoms with van der Waals surface area (Å²) in [7, 11) is 1.45. The maximum atomic E-state index is 12.3. The zero-order valence-electron chi connectivity index (χ0n) is 18.6. The molecule has 3 aromatic rings. The molecule has 2 aromatic carbocycles. The number of nitrogens with one attached hydrogen (secondary N) is 2. The minimum Gasteiger partial charge on any atom is -0.493 e. The van der Waals surface area contributed by atoms with Crippen molar-refractivity contribution < 1.29 is 33.3 Å². The van der Waals surface area contributed by atoms with Crippen LogP contribution in [-0.2, 0) is 4.79 Å². The Morgan fingerprint density at radius 2 is 1.89 bits per heavy atom. The highest BCUT2D eigenvalue weighted by atomic mass is 32.1. The van der Waals surface area contributed by atoms with Gasteiger partial charge in [0.2, 0.25) is 0 Å². The summed E-state index contributed by atoms with van der Waals surface area (Å²) in [5, 5.41) is 8.19. The summed E-state index contributed by atoms with van der Waals surface area (Å²) in [5.74, 6) is 0.223. The summed E-state index contributed by atoms with van der Waals surface area (Å²) in [4.78, 5) is 37.0. The highest BCUT2D eigenvalue weighted by Gasteiger charge is 2.16. The van der Waals surface area contributed by atoms with Crippen LogP contribution in [-0.4, -0.2) is 50.9 Å². The monoisotopic (exact) mass is 495 g/mol. The molecule has 1 aliphatic rings. The number of amides is 2. The summed E-state index contributed by atoms with van der Waals surface area (Å²) >= 11 is 1.28. The van der Waals surface area contributed by atoms with Gasteiger partial charge in [-0.1, -0.05) is 6.07 Å². The maximum Gasteiger partial charge on any atom is 0.353 e. The van der Waals surface area contributed by atoms with Crippen molar-refractivity contribution in [1.82, 2.24) is 10.7 Å². The van der Waals surface area contributed by atoms with Crippen molar-refractivity contribution in [3.8, 4) is 23.0 Å². The van der Waals surface area contributed by atoms with Gasteiger partial charge in [-0.25, -0.2) is 10.2 Å². The third-order valence-electron chi connectivity index (χ3n) is 4.73. The molecule has 35 heavy (non-hydrogen) atoms. The van der Waals surface area contributed by atoms with Crippen molar-refractivity contribution in [3.05, 3.63) is 69.9 Å². The molecule has 0 unspecified atom stereocenters. The Hall–Kier alpha value is -4.38. The molecule has 11 heteroatoms. The summed E-state index contributed by atoms with van der Waals surface area (Å²) in [6.45, 7) is 0.595. The Morgan fingerprint density at radius 3 is 2.66 bits per heavy atom. The van der Waals surface area contributed by atoms with Crippen LogP contribution >= 0.6 is 11.3 Å². The lowest BCUT2D eigenvalue weighted by Gasteiger charge is -2.18. The molecule has 180 valence electrons. The Kier molecular flexibility index (Phi) is 7.58. The predicted molar refractivity (Wildman–Crippen MR) is 128 cm³/mol. The van der Waals surface area contributed by atoms with E-state index in [2.05, 4.69) is 15.8 Å². The molecule has 4 rings (SSSR count). The van der Waals surface area contributed by atoms with E-state index in [1.807, 2.05) is 0 Å². The molecule has 0 atom stereocenters. The van der Waals surface area contributed by atoms with Gasteiger partial charge in [-0.2, -0.15) is 5.10 Å². The van der Waals surface area contributed by atoms with Gasteiger partial charge in [0.1, 0.15) is 18.1 Å². The molecule has 2 heterocycles. The molecule has 1 aromatic heterocycles. The standard InChI is InChI=1S/C24H21N3O7S/c1-31-19-11-15(4-6-18(19)34-24(30)21-3-2-10-35-21)13-26-27-22(28)14-25-23(29)16-5-7-17-20(12-16)33-9-8-32-17/h2-7,10-13H,8-9,14H2,1H3,(H,25,29)(H,27,28). The Morgan fingerprint density at radius 1 is 1.06 bits per heavy atom. The van der Waals surface area contributed by atoms with Gasteiger partial charge in [0.05, 0.1) is 19.9 Å². The molecular weight excluding hydrogens is 474 g/mol. The minimum atomic E-state index is -0.513. The molecule has 2 amide bonds. The molecular formula is C24H21N3O7S. The van der Waals surface area contributed by atoms with Crippen LogP contribution in [0.1, 0.15) is 25.6 Å². The number of carbonyl (C=O) groups is 3. The van der Waals surface area contributed by atoms with E-state index in [1.54, 1.807) is 53.9 Å². The number of hydrazone groups is 1. The third-order valence-corrected chi connectivity index (χ3v) is 5.58. The average Bonchev–Trinajstić information content (AvgIpc) is 3.43. The van der Waals surface area contributed by atoms with Gasteiger partial charge in [0, 0.05) is 5.56 Å². The smallest absolute Gasteiger partial charge is 0.353 e. The lowest BCUT2D eigenvalue weighted by molar-refractivity contribution is -0.120. The lowest BCUT2D eigenvalue weighted by atomic mass is 10.2. The molecule has 1 aliphatic heterocycles. The molecule has 0 fully saturated rings. The summed E-state index contributed by atoms with van der Waals surface area (Å²) in [5.41, 5.74) is 3.28. The molecule has 0 bridgehead atoms. The molecule has 0 radical (unpaired) electrons. The zero-order chi connectivity index (χ0) is 24.6. The highest BCUT2D eigenvalue weighted by molar-refractivity contribution is 7.12. The first kappa shape index (κ1) is 23.8. The number of esters is 1. The second-order valence-corrected chi connectivity index (χ2v) is 8.06. The minimum absolute atomic E-state index is 0.258. The van der Waals surface area contributed by atoms with Crippen molar-refractivity contribution in [1.29, 1.82) is 0 Å². The second-order valence-electron chi connectivity index (χ2n) is 7.11. The fourth-order valence-electron chi connectivity index (χ4n) is 3.06. The third kappa shape index (κ3) is 6.15. The summed E-state index contributed by atoms with van der Waals surface area (Å²) in [6.07, 6.45) is 1.40. The summed E-state index contributed by atoms with van der Waals surface area (Å²) in [6, 6.07) is 13.1. The van der Waals surface area contributed by atoms with E-state index in [1.165, 1.54) is 24.7 Å². The normalized spacial score (nSPS) is 12.1. The molecule has 0 saturated carbocycles. The van der Waals surface area contributed by atoms with Crippen molar-refractivity contribution >= 4 is 35.3 Å². The lowest BCUT2D eigenvalue weighted by Crippen LogP contribution is -2.35. The quantitative estimate of drug-likeness (QED) is 0.213. The van der Waals surface area contributed by atoms with Crippen LogP contribution in [0.2, 0.25) is 0 Å². The fraction of sp³-hybridized carbons (Fsp3) is 0.167. The Balaban J connectivity index is 1.28. The van der Waals surface area contributed by atoms with Crippen LogP contribution in [0, 0.1) is 0 Å². The molecule has 0 spiro atoms. The molecule has 2 N–H and O–H groups in total. The van der Waals surface area contributed by atoms with Gasteiger partial charge in [-0.15, -0.1) is 11.3 Å². The van der Waals surface area contributed by atoms with Crippen LogP contribution < -0.4 is 29.7 Å². The van der Waals surface area contributed by atoms with Crippen LogP contribution in [0.5, 0.6) is 23.0 Å². The number of hydrogen-bond donors (Lipinski definition) is 2. The second kappa shape index (κ2) is 11.2.